The van der Waals surface area contributed by atoms with Crippen molar-refractivity contribution in [3.05, 3.63) is 47.3 Å². The minimum absolute atomic E-state index is 0.111. The summed E-state index contributed by atoms with van der Waals surface area (Å²) in [5, 5.41) is 1.04. The van der Waals surface area contributed by atoms with Gasteiger partial charge in [0.1, 0.15) is 0 Å². The molecule has 0 radical (unpaired) electrons. The maximum atomic E-state index is 12.5. The molecule has 0 bridgehead atoms. The molecule has 0 spiro atoms. The van der Waals surface area contributed by atoms with E-state index in [9.17, 15) is 9.59 Å². The fraction of sp³-hybridized carbons (Fsp3) is 0.312. The van der Waals surface area contributed by atoms with Gasteiger partial charge in [-0.05, 0) is 26.0 Å². The van der Waals surface area contributed by atoms with Gasteiger partial charge in [0.05, 0.1) is 22.8 Å². The van der Waals surface area contributed by atoms with Crippen molar-refractivity contribution in [1.29, 1.82) is 0 Å². The predicted molar refractivity (Wildman–Crippen MR) is 88.2 cm³/mol. The van der Waals surface area contributed by atoms with Gasteiger partial charge in [-0.15, -0.1) is 6.58 Å². The number of rotatable bonds is 6. The molecule has 0 aliphatic heterocycles. The highest BCUT2D eigenvalue weighted by Crippen LogP contribution is 2.18. The van der Waals surface area contributed by atoms with Crippen LogP contribution in [0.4, 0.5) is 0 Å². The maximum Gasteiger partial charge on any atom is 0.316 e. The van der Waals surface area contributed by atoms with Gasteiger partial charge in [0, 0.05) is 6.54 Å². The van der Waals surface area contributed by atoms with Crippen LogP contribution < -0.4 is 5.56 Å². The number of carbonyl (C=O) groups excluding carboxylic acids is 1. The van der Waals surface area contributed by atoms with Crippen LogP contribution in [0.1, 0.15) is 13.8 Å². The normalized spacial score (nSPS) is 10.9. The Morgan fingerprint density at radius 2 is 2.18 bits per heavy atom. The molecule has 1 heterocycles. The van der Waals surface area contributed by atoms with E-state index in [4.69, 9.17) is 4.74 Å². The number of benzene rings is 1. The summed E-state index contributed by atoms with van der Waals surface area (Å²) < 4.78 is 6.61. The number of allylic oxidation sites excluding steroid dienone is 1. The van der Waals surface area contributed by atoms with Gasteiger partial charge in [0.15, 0.2) is 5.16 Å². The lowest BCUT2D eigenvalue weighted by Crippen LogP contribution is -2.23. The van der Waals surface area contributed by atoms with Crippen molar-refractivity contribution in [3.63, 3.8) is 0 Å². The van der Waals surface area contributed by atoms with Crippen molar-refractivity contribution in [2.24, 2.45) is 0 Å². The first kappa shape index (κ1) is 16.3. The number of esters is 1. The number of hydrogen-bond acceptors (Lipinski definition) is 5. The summed E-state index contributed by atoms with van der Waals surface area (Å²) in [7, 11) is 0. The lowest BCUT2D eigenvalue weighted by atomic mass is 10.2. The summed E-state index contributed by atoms with van der Waals surface area (Å²) in [5.74, 6) is -0.215. The first-order valence-electron chi connectivity index (χ1n) is 6.95. The minimum atomic E-state index is -0.326. The zero-order valence-electron chi connectivity index (χ0n) is 12.6. The van der Waals surface area contributed by atoms with Crippen molar-refractivity contribution in [2.75, 3.05) is 5.75 Å². The van der Waals surface area contributed by atoms with Crippen LogP contribution in [0.3, 0.4) is 0 Å². The van der Waals surface area contributed by atoms with E-state index >= 15 is 0 Å². The third-order valence-corrected chi connectivity index (χ3v) is 3.77. The molecule has 22 heavy (non-hydrogen) atoms. The molecule has 0 aliphatic carbocycles. The molecule has 0 aliphatic rings. The highest BCUT2D eigenvalue weighted by molar-refractivity contribution is 7.99. The molecule has 2 aromatic rings. The van der Waals surface area contributed by atoms with Gasteiger partial charge in [0.25, 0.3) is 5.56 Å². The van der Waals surface area contributed by atoms with E-state index in [1.54, 1.807) is 38.1 Å². The lowest BCUT2D eigenvalue weighted by Gasteiger charge is -2.12. The Hall–Kier alpha value is -2.08. The fourth-order valence-electron chi connectivity index (χ4n) is 1.97. The molecule has 5 nitrogen and oxygen atoms in total. The Kier molecular flexibility index (Phi) is 5.38. The van der Waals surface area contributed by atoms with Crippen molar-refractivity contribution in [3.8, 4) is 0 Å². The summed E-state index contributed by atoms with van der Waals surface area (Å²) in [6.07, 6.45) is 1.47. The van der Waals surface area contributed by atoms with Crippen LogP contribution >= 0.6 is 11.8 Å². The molecule has 1 aromatic heterocycles. The van der Waals surface area contributed by atoms with Gasteiger partial charge in [-0.3, -0.25) is 14.2 Å². The van der Waals surface area contributed by atoms with Crippen LogP contribution in [0.5, 0.6) is 0 Å². The third kappa shape index (κ3) is 3.76. The number of ether oxygens (including phenoxy) is 1. The molecule has 0 atom stereocenters. The molecule has 0 N–H and O–H groups in total. The largest absolute Gasteiger partial charge is 0.462 e. The fourth-order valence-corrected chi connectivity index (χ4v) is 2.76. The Morgan fingerprint density at radius 3 is 2.86 bits per heavy atom. The first-order valence-corrected chi connectivity index (χ1v) is 7.94. The van der Waals surface area contributed by atoms with E-state index in [-0.39, 0.29) is 23.4 Å². The van der Waals surface area contributed by atoms with Crippen molar-refractivity contribution in [1.82, 2.24) is 9.55 Å². The van der Waals surface area contributed by atoms with Gasteiger partial charge in [-0.1, -0.05) is 30.0 Å². The standard InChI is InChI=1S/C16H18N2O3S/c1-4-9-18-15(20)12-7-5-6-8-13(12)17-16(18)22-10-14(19)21-11(2)3/h4-8,11H,1,9-10H2,2-3H3. The van der Waals surface area contributed by atoms with Crippen LogP contribution in [-0.2, 0) is 16.1 Å². The topological polar surface area (TPSA) is 61.2 Å². The summed E-state index contributed by atoms with van der Waals surface area (Å²) >= 11 is 1.20. The van der Waals surface area contributed by atoms with Gasteiger partial charge in [-0.25, -0.2) is 4.98 Å². The molecule has 0 fully saturated rings. The van der Waals surface area contributed by atoms with Crippen molar-refractivity contribution >= 4 is 28.6 Å². The van der Waals surface area contributed by atoms with Gasteiger partial charge < -0.3 is 4.74 Å². The predicted octanol–water partition coefficient (Wildman–Crippen LogP) is 2.63. The highest BCUT2D eigenvalue weighted by Gasteiger charge is 2.13. The van der Waals surface area contributed by atoms with Crippen molar-refractivity contribution in [2.45, 2.75) is 31.7 Å². The number of nitrogens with zero attached hydrogens (tertiary/aromatic N) is 2. The number of para-hydroxylation sites is 1. The molecular formula is C16H18N2O3S. The van der Waals surface area contributed by atoms with E-state index in [0.717, 1.165) is 0 Å². The van der Waals surface area contributed by atoms with E-state index in [1.165, 1.54) is 16.3 Å². The van der Waals surface area contributed by atoms with Crippen LogP contribution in [-0.4, -0.2) is 27.4 Å². The summed E-state index contributed by atoms with van der Waals surface area (Å²) in [4.78, 5) is 28.6. The van der Waals surface area contributed by atoms with E-state index < -0.39 is 0 Å². The molecule has 116 valence electrons. The third-order valence-electron chi connectivity index (χ3n) is 2.82. The van der Waals surface area contributed by atoms with Crippen LogP contribution in [0.2, 0.25) is 0 Å². The minimum Gasteiger partial charge on any atom is -0.462 e. The molecule has 0 unspecified atom stereocenters. The Balaban J connectivity index is 2.35. The second-order valence-electron chi connectivity index (χ2n) is 4.94. The smallest absolute Gasteiger partial charge is 0.316 e. The summed E-state index contributed by atoms with van der Waals surface area (Å²) in [5.41, 5.74) is 0.484. The monoisotopic (exact) mass is 318 g/mol. The molecule has 0 saturated carbocycles. The van der Waals surface area contributed by atoms with Crippen LogP contribution in [0.15, 0.2) is 46.9 Å². The molecule has 2 rings (SSSR count). The molecule has 0 saturated heterocycles. The number of fused-ring (bicyclic) bond motifs is 1. The Labute approximate surface area is 133 Å². The Morgan fingerprint density at radius 1 is 1.45 bits per heavy atom. The molecule has 1 aromatic carbocycles. The molecular weight excluding hydrogens is 300 g/mol. The van der Waals surface area contributed by atoms with Crippen LogP contribution in [0.25, 0.3) is 10.9 Å². The zero-order chi connectivity index (χ0) is 16.1. The zero-order valence-corrected chi connectivity index (χ0v) is 13.4. The SMILES string of the molecule is C=CCn1c(SCC(=O)OC(C)C)nc2ccccc2c1=O. The van der Waals surface area contributed by atoms with Gasteiger partial charge in [-0.2, -0.15) is 0 Å². The Bertz CT molecular complexity index is 753. The van der Waals surface area contributed by atoms with Crippen LogP contribution in [0, 0.1) is 0 Å². The average Bonchev–Trinajstić information content (AvgIpc) is 2.48. The number of aromatic nitrogens is 2. The molecule has 0 amide bonds. The second-order valence-corrected chi connectivity index (χ2v) is 5.89. The van der Waals surface area contributed by atoms with Gasteiger partial charge in [0.2, 0.25) is 0 Å². The van der Waals surface area contributed by atoms with E-state index in [0.29, 0.717) is 22.6 Å². The van der Waals surface area contributed by atoms with Gasteiger partial charge >= 0.3 is 5.97 Å². The number of thioether (sulfide) groups is 1. The first-order chi connectivity index (χ1) is 10.5. The van der Waals surface area contributed by atoms with E-state index in [1.807, 2.05) is 6.07 Å². The summed E-state index contributed by atoms with van der Waals surface area (Å²) in [6.45, 7) is 7.60. The number of hydrogen-bond donors (Lipinski definition) is 0. The number of carbonyl (C=O) groups is 1. The second kappa shape index (κ2) is 7.26. The van der Waals surface area contributed by atoms with Crippen molar-refractivity contribution < 1.29 is 9.53 Å². The van der Waals surface area contributed by atoms with E-state index in [2.05, 4.69) is 11.6 Å². The molecule has 6 heteroatoms. The quantitative estimate of drug-likeness (QED) is 0.355. The average molecular weight is 318 g/mol. The lowest BCUT2D eigenvalue weighted by molar-refractivity contribution is -0.144. The summed E-state index contributed by atoms with van der Waals surface area (Å²) in [6, 6.07) is 7.15. The maximum absolute atomic E-state index is 12.5. The highest BCUT2D eigenvalue weighted by atomic mass is 32.2.